The molecule has 0 aromatic carbocycles. The summed E-state index contributed by atoms with van der Waals surface area (Å²) in [4.78, 5) is 13.8. The smallest absolute Gasteiger partial charge is 0.222 e. The van der Waals surface area contributed by atoms with Gasteiger partial charge in [0.2, 0.25) is 5.91 Å². The van der Waals surface area contributed by atoms with E-state index in [4.69, 9.17) is 5.73 Å². The van der Waals surface area contributed by atoms with Crippen LogP contribution < -0.4 is 5.73 Å². The molecule has 0 bridgehead atoms. The van der Waals surface area contributed by atoms with Gasteiger partial charge in [0.05, 0.1) is 0 Å². The summed E-state index contributed by atoms with van der Waals surface area (Å²) in [5, 5.41) is 0. The Hall–Kier alpha value is -0.570. The van der Waals surface area contributed by atoms with Crippen LogP contribution in [0.25, 0.3) is 0 Å². The lowest BCUT2D eigenvalue weighted by Crippen LogP contribution is -2.37. The monoisotopic (exact) mass is 228 g/mol. The fourth-order valence-corrected chi connectivity index (χ4v) is 1.87. The van der Waals surface area contributed by atoms with Gasteiger partial charge in [-0.1, -0.05) is 27.2 Å². The number of carbonyl (C=O) groups is 1. The minimum absolute atomic E-state index is 0.227. The molecular formula is C13H28N2O. The molecule has 3 nitrogen and oxygen atoms in total. The minimum Gasteiger partial charge on any atom is -0.343 e. The standard InChI is InChI=1S/C13H28N2O/c1-6-12(9-14)8-13(16)15(5)11(4)7-10(2)3/h10-12H,6-9,14H2,1-5H3. The Morgan fingerprint density at radius 1 is 1.31 bits per heavy atom. The van der Waals surface area contributed by atoms with Crippen molar-refractivity contribution in [2.24, 2.45) is 17.6 Å². The average Bonchev–Trinajstić information content (AvgIpc) is 2.23. The molecule has 0 fully saturated rings. The highest BCUT2D eigenvalue weighted by Crippen LogP contribution is 2.13. The summed E-state index contributed by atoms with van der Waals surface area (Å²) in [7, 11) is 1.90. The zero-order chi connectivity index (χ0) is 12.7. The fourth-order valence-electron chi connectivity index (χ4n) is 1.87. The van der Waals surface area contributed by atoms with Crippen molar-refractivity contribution in [3.8, 4) is 0 Å². The van der Waals surface area contributed by atoms with Crippen LogP contribution in [0, 0.1) is 11.8 Å². The first-order valence-corrected chi connectivity index (χ1v) is 6.38. The molecule has 0 saturated carbocycles. The summed E-state index contributed by atoms with van der Waals surface area (Å²) in [6, 6.07) is 0.322. The Balaban J connectivity index is 4.16. The number of carbonyl (C=O) groups excluding carboxylic acids is 1. The van der Waals surface area contributed by atoms with Crippen LogP contribution in [0.2, 0.25) is 0 Å². The van der Waals surface area contributed by atoms with Gasteiger partial charge >= 0.3 is 0 Å². The second-order valence-electron chi connectivity index (χ2n) is 5.20. The lowest BCUT2D eigenvalue weighted by atomic mass is 10.00. The zero-order valence-electron chi connectivity index (χ0n) is 11.5. The lowest BCUT2D eigenvalue weighted by molar-refractivity contribution is -0.132. The summed E-state index contributed by atoms with van der Waals surface area (Å²) in [6.07, 6.45) is 2.63. The number of amides is 1. The van der Waals surface area contributed by atoms with Gasteiger partial charge in [0, 0.05) is 19.5 Å². The van der Waals surface area contributed by atoms with E-state index in [1.807, 2.05) is 11.9 Å². The van der Waals surface area contributed by atoms with Crippen molar-refractivity contribution in [3.63, 3.8) is 0 Å². The van der Waals surface area contributed by atoms with E-state index in [0.717, 1.165) is 12.8 Å². The van der Waals surface area contributed by atoms with E-state index < -0.39 is 0 Å². The summed E-state index contributed by atoms with van der Waals surface area (Å²) >= 11 is 0. The molecule has 2 atom stereocenters. The number of nitrogens with two attached hydrogens (primary N) is 1. The summed E-state index contributed by atoms with van der Waals surface area (Å²) < 4.78 is 0. The molecule has 0 saturated heterocycles. The van der Waals surface area contributed by atoms with Crippen molar-refractivity contribution >= 4 is 5.91 Å². The molecule has 1 amide bonds. The second-order valence-corrected chi connectivity index (χ2v) is 5.20. The molecule has 2 unspecified atom stereocenters. The van der Waals surface area contributed by atoms with Crippen molar-refractivity contribution in [1.82, 2.24) is 4.90 Å². The van der Waals surface area contributed by atoms with E-state index in [2.05, 4.69) is 27.7 Å². The molecule has 0 spiro atoms. The second kappa shape index (κ2) is 7.66. The van der Waals surface area contributed by atoms with E-state index in [9.17, 15) is 4.79 Å². The molecule has 0 heterocycles. The normalized spacial score (nSPS) is 14.9. The van der Waals surface area contributed by atoms with Crippen LogP contribution in [-0.2, 0) is 4.79 Å². The molecule has 0 aliphatic heterocycles. The Morgan fingerprint density at radius 3 is 2.25 bits per heavy atom. The third-order valence-electron chi connectivity index (χ3n) is 3.24. The summed E-state index contributed by atoms with van der Waals surface area (Å²) in [5.41, 5.74) is 5.62. The first-order chi connectivity index (χ1) is 7.42. The van der Waals surface area contributed by atoms with Crippen molar-refractivity contribution in [2.75, 3.05) is 13.6 Å². The van der Waals surface area contributed by atoms with Gasteiger partial charge in [-0.3, -0.25) is 4.79 Å². The predicted octanol–water partition coefficient (Wildman–Crippen LogP) is 2.25. The maximum absolute atomic E-state index is 12.0. The van der Waals surface area contributed by atoms with Crippen LogP contribution in [0.3, 0.4) is 0 Å². The molecule has 2 N–H and O–H groups in total. The lowest BCUT2D eigenvalue weighted by Gasteiger charge is -2.27. The highest BCUT2D eigenvalue weighted by molar-refractivity contribution is 5.76. The molecule has 16 heavy (non-hydrogen) atoms. The highest BCUT2D eigenvalue weighted by Gasteiger charge is 2.19. The van der Waals surface area contributed by atoms with E-state index in [1.165, 1.54) is 0 Å². The van der Waals surface area contributed by atoms with Gasteiger partial charge in [0.15, 0.2) is 0 Å². The Bertz CT molecular complexity index is 200. The number of nitrogens with zero attached hydrogens (tertiary/aromatic N) is 1. The van der Waals surface area contributed by atoms with Gasteiger partial charge in [-0.05, 0) is 31.7 Å². The molecule has 3 heteroatoms. The van der Waals surface area contributed by atoms with Crippen LogP contribution in [0.1, 0.15) is 47.0 Å². The third-order valence-corrected chi connectivity index (χ3v) is 3.24. The van der Waals surface area contributed by atoms with Gasteiger partial charge in [0.1, 0.15) is 0 Å². The van der Waals surface area contributed by atoms with Crippen LogP contribution in [0.4, 0.5) is 0 Å². The van der Waals surface area contributed by atoms with Crippen molar-refractivity contribution in [3.05, 3.63) is 0 Å². The van der Waals surface area contributed by atoms with E-state index in [-0.39, 0.29) is 5.91 Å². The van der Waals surface area contributed by atoms with Crippen LogP contribution in [0.5, 0.6) is 0 Å². The molecule has 0 aromatic heterocycles. The summed E-state index contributed by atoms with van der Waals surface area (Å²) in [6.45, 7) is 9.17. The molecular weight excluding hydrogens is 200 g/mol. The summed E-state index contributed by atoms with van der Waals surface area (Å²) in [5.74, 6) is 1.19. The van der Waals surface area contributed by atoms with E-state index in [1.54, 1.807) is 0 Å². The average molecular weight is 228 g/mol. The van der Waals surface area contributed by atoms with Crippen molar-refractivity contribution in [1.29, 1.82) is 0 Å². The number of hydrogen-bond donors (Lipinski definition) is 1. The molecule has 0 aromatic rings. The van der Waals surface area contributed by atoms with Crippen LogP contribution in [-0.4, -0.2) is 30.4 Å². The first-order valence-electron chi connectivity index (χ1n) is 6.38. The fraction of sp³-hybridized carbons (Fsp3) is 0.923. The predicted molar refractivity (Wildman–Crippen MR) is 69.1 cm³/mol. The Labute approximate surface area is 100 Å². The minimum atomic E-state index is 0.227. The SMILES string of the molecule is CCC(CN)CC(=O)N(C)C(C)CC(C)C. The third kappa shape index (κ3) is 5.50. The Kier molecular flexibility index (Phi) is 7.39. The first kappa shape index (κ1) is 15.4. The molecule has 96 valence electrons. The largest absolute Gasteiger partial charge is 0.343 e. The Morgan fingerprint density at radius 2 is 1.88 bits per heavy atom. The highest BCUT2D eigenvalue weighted by atomic mass is 16.2. The molecule has 0 radical (unpaired) electrons. The number of rotatable bonds is 7. The molecule has 0 rings (SSSR count). The van der Waals surface area contributed by atoms with Gasteiger partial charge in [0.25, 0.3) is 0 Å². The number of hydrogen-bond acceptors (Lipinski definition) is 2. The molecule has 0 aliphatic rings. The van der Waals surface area contributed by atoms with Gasteiger partial charge in [-0.25, -0.2) is 0 Å². The van der Waals surface area contributed by atoms with E-state index in [0.29, 0.717) is 30.8 Å². The van der Waals surface area contributed by atoms with Crippen LogP contribution in [0.15, 0.2) is 0 Å². The van der Waals surface area contributed by atoms with Gasteiger partial charge in [-0.15, -0.1) is 0 Å². The van der Waals surface area contributed by atoms with Crippen molar-refractivity contribution < 1.29 is 4.79 Å². The van der Waals surface area contributed by atoms with Gasteiger partial charge < -0.3 is 10.6 Å². The molecule has 0 aliphatic carbocycles. The quantitative estimate of drug-likeness (QED) is 0.726. The van der Waals surface area contributed by atoms with Crippen molar-refractivity contribution in [2.45, 2.75) is 53.0 Å². The van der Waals surface area contributed by atoms with Gasteiger partial charge in [-0.2, -0.15) is 0 Å². The maximum Gasteiger partial charge on any atom is 0.222 e. The van der Waals surface area contributed by atoms with E-state index >= 15 is 0 Å². The zero-order valence-corrected chi connectivity index (χ0v) is 11.5. The maximum atomic E-state index is 12.0. The van der Waals surface area contributed by atoms with Crippen LogP contribution >= 0.6 is 0 Å². The topological polar surface area (TPSA) is 46.3 Å².